The summed E-state index contributed by atoms with van der Waals surface area (Å²) >= 11 is 3.30. The van der Waals surface area contributed by atoms with Crippen molar-refractivity contribution in [3.05, 3.63) is 52.0 Å². The number of carbonyl (C=O) groups excluding carboxylic acids is 1. The molecule has 4 rings (SSSR count). The number of hydrogen-bond donors (Lipinski definition) is 0. The van der Waals surface area contributed by atoms with Crippen molar-refractivity contribution in [2.24, 2.45) is 0 Å². The first kappa shape index (κ1) is 15.6. The number of carbonyl (C=O) groups is 1. The number of rotatable bonds is 4. The summed E-state index contributed by atoms with van der Waals surface area (Å²) in [5.41, 5.74) is 2.63. The van der Waals surface area contributed by atoms with Gasteiger partial charge < -0.3 is 9.64 Å². The Morgan fingerprint density at radius 1 is 1.25 bits per heavy atom. The van der Waals surface area contributed by atoms with E-state index in [0.29, 0.717) is 23.8 Å². The van der Waals surface area contributed by atoms with Gasteiger partial charge in [0, 0.05) is 18.2 Å². The Morgan fingerprint density at radius 2 is 2.08 bits per heavy atom. The summed E-state index contributed by atoms with van der Waals surface area (Å²) in [7, 11) is 0. The number of ether oxygens (including phenoxy) is 1. The monoisotopic (exact) mass is 387 g/mol. The Bertz CT molecular complexity index is 775. The topological polar surface area (TPSA) is 55.3 Å². The van der Waals surface area contributed by atoms with Crippen LogP contribution in [-0.2, 0) is 13.2 Å². The molecule has 1 aromatic heterocycles. The number of aromatic nitrogens is 2. The molecule has 0 bridgehead atoms. The van der Waals surface area contributed by atoms with Gasteiger partial charge >= 0.3 is 0 Å². The Kier molecular flexibility index (Phi) is 4.22. The fraction of sp³-hybridized carbons (Fsp3) is 0.389. The lowest BCUT2D eigenvalue weighted by molar-refractivity contribution is 0.0707. The number of halogens is 1. The van der Waals surface area contributed by atoms with Gasteiger partial charge in [-0.05, 0) is 52.5 Å². The van der Waals surface area contributed by atoms with Gasteiger partial charge in [0.1, 0.15) is 17.0 Å². The van der Waals surface area contributed by atoms with Crippen LogP contribution in [-0.4, -0.2) is 26.8 Å². The van der Waals surface area contributed by atoms with E-state index >= 15 is 0 Å². The predicted molar refractivity (Wildman–Crippen MR) is 92.6 cm³/mol. The summed E-state index contributed by atoms with van der Waals surface area (Å²) in [6, 6.07) is 6.13. The minimum absolute atomic E-state index is 0.168. The molecule has 6 heteroatoms. The number of amides is 1. The smallest absolute Gasteiger partial charge is 0.254 e. The molecule has 0 spiro atoms. The zero-order valence-electron chi connectivity index (χ0n) is 13.2. The van der Waals surface area contributed by atoms with Crippen LogP contribution < -0.4 is 4.74 Å². The van der Waals surface area contributed by atoms with Gasteiger partial charge in [-0.1, -0.05) is 12.8 Å². The largest absolute Gasteiger partial charge is 0.487 e. The Balaban J connectivity index is 1.47. The first-order valence-electron chi connectivity index (χ1n) is 8.24. The van der Waals surface area contributed by atoms with Gasteiger partial charge in [-0.3, -0.25) is 9.78 Å². The summed E-state index contributed by atoms with van der Waals surface area (Å²) < 4.78 is 6.51. The first-order valence-corrected chi connectivity index (χ1v) is 9.03. The average Bonchev–Trinajstić information content (AvgIpc) is 3.21. The third kappa shape index (κ3) is 3.02. The minimum Gasteiger partial charge on any atom is -0.487 e. The number of fused-ring (bicyclic) bond motifs is 1. The predicted octanol–water partition coefficient (Wildman–Crippen LogP) is 3.72. The summed E-state index contributed by atoms with van der Waals surface area (Å²) in [5.74, 6) is 0.929. The molecule has 2 heterocycles. The van der Waals surface area contributed by atoms with Gasteiger partial charge in [0.2, 0.25) is 0 Å². The molecule has 0 atom stereocenters. The molecule has 2 aliphatic rings. The molecule has 5 nitrogen and oxygen atoms in total. The second-order valence-corrected chi connectivity index (χ2v) is 7.12. The van der Waals surface area contributed by atoms with Crippen molar-refractivity contribution < 1.29 is 9.53 Å². The average molecular weight is 388 g/mol. The SMILES string of the molecule is O=C1c2ccc(OCc3cncc(Br)n3)cc2CN1C1CCCC1. The van der Waals surface area contributed by atoms with Crippen LogP contribution in [0.25, 0.3) is 0 Å². The van der Waals surface area contributed by atoms with Crippen molar-refractivity contribution in [3.8, 4) is 5.75 Å². The molecule has 0 N–H and O–H groups in total. The van der Waals surface area contributed by atoms with E-state index in [1.54, 1.807) is 12.4 Å². The molecule has 124 valence electrons. The van der Waals surface area contributed by atoms with E-state index in [4.69, 9.17) is 4.74 Å². The molecule has 1 amide bonds. The first-order chi connectivity index (χ1) is 11.7. The van der Waals surface area contributed by atoms with Crippen molar-refractivity contribution in [2.45, 2.75) is 44.9 Å². The van der Waals surface area contributed by atoms with Crippen LogP contribution in [0.3, 0.4) is 0 Å². The fourth-order valence-electron chi connectivity index (χ4n) is 3.53. The summed E-state index contributed by atoms with van der Waals surface area (Å²) in [6.45, 7) is 1.05. The molecule has 0 radical (unpaired) electrons. The highest BCUT2D eigenvalue weighted by Gasteiger charge is 2.34. The standard InChI is InChI=1S/C18H18BrN3O2/c19-17-9-20-8-13(21-17)11-24-15-5-6-16-12(7-15)10-22(18(16)23)14-3-1-2-4-14/h5-9,14H,1-4,10-11H2. The molecule has 0 unspecified atom stereocenters. The Labute approximate surface area is 149 Å². The van der Waals surface area contributed by atoms with Crippen molar-refractivity contribution in [1.82, 2.24) is 14.9 Å². The van der Waals surface area contributed by atoms with Crippen molar-refractivity contribution in [3.63, 3.8) is 0 Å². The lowest BCUT2D eigenvalue weighted by Gasteiger charge is -2.23. The molecule has 1 aliphatic heterocycles. The highest BCUT2D eigenvalue weighted by molar-refractivity contribution is 9.10. The lowest BCUT2D eigenvalue weighted by atomic mass is 10.1. The molecule has 1 aromatic carbocycles. The van der Waals surface area contributed by atoms with Gasteiger partial charge in [-0.15, -0.1) is 0 Å². The lowest BCUT2D eigenvalue weighted by Crippen LogP contribution is -2.33. The van der Waals surface area contributed by atoms with Crippen LogP contribution in [0.2, 0.25) is 0 Å². The number of benzene rings is 1. The second-order valence-electron chi connectivity index (χ2n) is 6.31. The van der Waals surface area contributed by atoms with Crippen LogP contribution in [0.15, 0.2) is 35.2 Å². The molecule has 1 saturated carbocycles. The van der Waals surface area contributed by atoms with E-state index in [9.17, 15) is 4.79 Å². The van der Waals surface area contributed by atoms with Crippen molar-refractivity contribution in [1.29, 1.82) is 0 Å². The van der Waals surface area contributed by atoms with Crippen LogP contribution in [0, 0.1) is 0 Å². The van der Waals surface area contributed by atoms with Crippen molar-refractivity contribution in [2.75, 3.05) is 0 Å². The maximum Gasteiger partial charge on any atom is 0.254 e. The van der Waals surface area contributed by atoms with Crippen LogP contribution in [0.5, 0.6) is 5.75 Å². The van der Waals surface area contributed by atoms with E-state index < -0.39 is 0 Å². The van der Waals surface area contributed by atoms with E-state index in [1.165, 1.54) is 12.8 Å². The van der Waals surface area contributed by atoms with E-state index in [-0.39, 0.29) is 5.91 Å². The second kappa shape index (κ2) is 6.51. The zero-order valence-corrected chi connectivity index (χ0v) is 14.8. The van der Waals surface area contributed by atoms with Gasteiger partial charge in [0.05, 0.1) is 18.1 Å². The summed E-state index contributed by atoms with van der Waals surface area (Å²) in [4.78, 5) is 23.0. The van der Waals surface area contributed by atoms with E-state index in [0.717, 1.165) is 35.4 Å². The van der Waals surface area contributed by atoms with Gasteiger partial charge in [0.25, 0.3) is 5.91 Å². The summed E-state index contributed by atoms with van der Waals surface area (Å²) in [5, 5.41) is 0. The molecule has 2 aromatic rings. The highest BCUT2D eigenvalue weighted by atomic mass is 79.9. The third-order valence-corrected chi connectivity index (χ3v) is 5.10. The zero-order chi connectivity index (χ0) is 16.5. The third-order valence-electron chi connectivity index (χ3n) is 4.72. The molecule has 0 saturated heterocycles. The highest BCUT2D eigenvalue weighted by Crippen LogP contribution is 2.33. The van der Waals surface area contributed by atoms with Gasteiger partial charge in [0.15, 0.2) is 0 Å². The summed E-state index contributed by atoms with van der Waals surface area (Å²) in [6.07, 6.45) is 8.04. The molecule has 1 aliphatic carbocycles. The van der Waals surface area contributed by atoms with Crippen LogP contribution in [0.4, 0.5) is 0 Å². The van der Waals surface area contributed by atoms with E-state index in [2.05, 4.69) is 25.9 Å². The van der Waals surface area contributed by atoms with Crippen molar-refractivity contribution >= 4 is 21.8 Å². The normalized spacial score (nSPS) is 17.4. The van der Waals surface area contributed by atoms with E-state index in [1.807, 2.05) is 23.1 Å². The Morgan fingerprint density at radius 3 is 2.88 bits per heavy atom. The number of hydrogen-bond acceptors (Lipinski definition) is 4. The molecule has 1 fully saturated rings. The van der Waals surface area contributed by atoms with Crippen LogP contribution >= 0.6 is 15.9 Å². The molecular weight excluding hydrogens is 370 g/mol. The molecule has 24 heavy (non-hydrogen) atoms. The maximum atomic E-state index is 12.6. The Hall–Kier alpha value is -1.95. The minimum atomic E-state index is 0.168. The maximum absolute atomic E-state index is 12.6. The fourth-order valence-corrected chi connectivity index (χ4v) is 3.87. The van der Waals surface area contributed by atoms with Gasteiger partial charge in [-0.25, -0.2) is 4.98 Å². The number of nitrogens with zero attached hydrogens (tertiary/aromatic N) is 3. The van der Waals surface area contributed by atoms with Gasteiger partial charge in [-0.2, -0.15) is 0 Å². The quantitative estimate of drug-likeness (QED) is 0.801. The molecular formula is C18H18BrN3O2. The van der Waals surface area contributed by atoms with Crippen LogP contribution in [0.1, 0.15) is 47.3 Å².